The Morgan fingerprint density at radius 3 is 2.56 bits per heavy atom. The lowest BCUT2D eigenvalue weighted by atomic mass is 10.3. The zero-order valence-corrected chi connectivity index (χ0v) is 11.1. The molecule has 2 N–H and O–H groups in total. The number of thioether (sulfide) groups is 1. The molecule has 0 amide bonds. The lowest BCUT2D eigenvalue weighted by Crippen LogP contribution is -2.20. The number of anilines is 2. The molecule has 0 aromatic carbocycles. The minimum absolute atomic E-state index is 0.0284. The Kier molecular flexibility index (Phi) is 5.06. The average Bonchev–Trinajstić information content (AvgIpc) is 2.27. The monoisotopic (exact) mass is 280 g/mol. The van der Waals surface area contributed by atoms with Gasteiger partial charge in [0.25, 0.3) is 0 Å². The molecule has 102 valence electrons. The number of rotatable bonds is 5. The summed E-state index contributed by atoms with van der Waals surface area (Å²) < 4.78 is 37.9. The molecule has 1 heterocycles. The molecule has 1 aromatic rings. The van der Waals surface area contributed by atoms with Gasteiger partial charge in [0.15, 0.2) is 5.69 Å². The summed E-state index contributed by atoms with van der Waals surface area (Å²) in [7, 11) is 1.48. The molecule has 1 unspecified atom stereocenters. The summed E-state index contributed by atoms with van der Waals surface area (Å²) in [6.45, 7) is 1.88. The van der Waals surface area contributed by atoms with E-state index in [-0.39, 0.29) is 17.8 Å². The molecule has 18 heavy (non-hydrogen) atoms. The molecule has 0 saturated carbocycles. The van der Waals surface area contributed by atoms with Crippen LogP contribution in [-0.2, 0) is 6.18 Å². The van der Waals surface area contributed by atoms with Crippen LogP contribution in [0.15, 0.2) is 6.07 Å². The van der Waals surface area contributed by atoms with Crippen molar-refractivity contribution in [2.45, 2.75) is 19.1 Å². The fourth-order valence-electron chi connectivity index (χ4n) is 1.32. The highest BCUT2D eigenvalue weighted by Gasteiger charge is 2.33. The van der Waals surface area contributed by atoms with E-state index in [0.717, 1.165) is 11.8 Å². The molecule has 0 aliphatic carbocycles. The Labute approximate surface area is 108 Å². The summed E-state index contributed by atoms with van der Waals surface area (Å²) in [6, 6.07) is 0.943. The van der Waals surface area contributed by atoms with Crippen LogP contribution in [0.25, 0.3) is 0 Å². The molecule has 8 heteroatoms. The van der Waals surface area contributed by atoms with Crippen LogP contribution in [0.5, 0.6) is 0 Å². The largest absolute Gasteiger partial charge is 0.433 e. The van der Waals surface area contributed by atoms with Gasteiger partial charge in [0, 0.05) is 24.9 Å². The Morgan fingerprint density at radius 2 is 2.06 bits per heavy atom. The second kappa shape index (κ2) is 6.12. The summed E-state index contributed by atoms with van der Waals surface area (Å²) in [5, 5.41) is 5.44. The fraction of sp³-hybridized carbons (Fsp3) is 0.600. The van der Waals surface area contributed by atoms with Gasteiger partial charge in [0.05, 0.1) is 0 Å². The third-order valence-electron chi connectivity index (χ3n) is 2.05. The Hall–Kier alpha value is -1.18. The second-order valence-corrected chi connectivity index (χ2v) is 4.62. The number of alkyl halides is 3. The first-order valence-corrected chi connectivity index (χ1v) is 6.65. The van der Waals surface area contributed by atoms with Crippen molar-refractivity contribution in [3.05, 3.63) is 11.8 Å². The van der Waals surface area contributed by atoms with Gasteiger partial charge < -0.3 is 10.6 Å². The molecular weight excluding hydrogens is 265 g/mol. The number of nitrogens with zero attached hydrogens (tertiary/aromatic N) is 2. The van der Waals surface area contributed by atoms with Crippen LogP contribution in [0.3, 0.4) is 0 Å². The lowest BCUT2D eigenvalue weighted by molar-refractivity contribution is -0.141. The Bertz CT molecular complexity index is 397. The summed E-state index contributed by atoms with van der Waals surface area (Å²) in [5.74, 6) is 0.896. The van der Waals surface area contributed by atoms with Gasteiger partial charge in [0.1, 0.15) is 5.82 Å². The van der Waals surface area contributed by atoms with Gasteiger partial charge in [-0.2, -0.15) is 29.9 Å². The van der Waals surface area contributed by atoms with Crippen LogP contribution in [-0.4, -0.2) is 35.1 Å². The van der Waals surface area contributed by atoms with Crippen LogP contribution < -0.4 is 10.6 Å². The molecule has 1 rings (SSSR count). The van der Waals surface area contributed by atoms with Gasteiger partial charge in [-0.3, -0.25) is 0 Å². The minimum Gasteiger partial charge on any atom is -0.367 e. The van der Waals surface area contributed by atoms with E-state index >= 15 is 0 Å². The molecule has 0 saturated heterocycles. The fourth-order valence-corrected chi connectivity index (χ4v) is 1.91. The molecule has 0 bridgehead atoms. The third kappa shape index (κ3) is 4.25. The molecule has 1 atom stereocenters. The van der Waals surface area contributed by atoms with E-state index in [9.17, 15) is 13.2 Å². The highest BCUT2D eigenvalue weighted by atomic mass is 32.2. The highest BCUT2D eigenvalue weighted by molar-refractivity contribution is 7.98. The van der Waals surface area contributed by atoms with Gasteiger partial charge in [-0.1, -0.05) is 0 Å². The normalized spacial score (nSPS) is 13.2. The Balaban J connectivity index is 2.97. The summed E-state index contributed by atoms with van der Waals surface area (Å²) in [6.07, 6.45) is -2.55. The van der Waals surface area contributed by atoms with Crippen molar-refractivity contribution in [2.75, 3.05) is 29.7 Å². The van der Waals surface area contributed by atoms with Crippen LogP contribution in [0.1, 0.15) is 12.6 Å². The predicted octanol–water partition coefficient (Wildman–Crippen LogP) is 2.70. The average molecular weight is 280 g/mol. The maximum atomic E-state index is 12.6. The van der Waals surface area contributed by atoms with Crippen molar-refractivity contribution in [1.82, 2.24) is 9.97 Å². The molecule has 1 aromatic heterocycles. The van der Waals surface area contributed by atoms with E-state index in [2.05, 4.69) is 20.6 Å². The zero-order chi connectivity index (χ0) is 13.8. The predicted molar refractivity (Wildman–Crippen MR) is 68.0 cm³/mol. The van der Waals surface area contributed by atoms with E-state index in [1.165, 1.54) is 7.05 Å². The zero-order valence-electron chi connectivity index (χ0n) is 10.3. The summed E-state index contributed by atoms with van der Waals surface area (Å²) in [5.41, 5.74) is -0.958. The van der Waals surface area contributed by atoms with Gasteiger partial charge in [-0.15, -0.1) is 0 Å². The number of halogens is 3. The molecule has 0 fully saturated rings. The number of aromatic nitrogens is 2. The highest BCUT2D eigenvalue weighted by Crippen LogP contribution is 2.29. The SMILES string of the molecule is CNc1nc(NC(C)CSC)cc(C(F)(F)F)n1. The molecule has 0 aliphatic heterocycles. The number of nitrogens with one attached hydrogen (secondary N) is 2. The maximum Gasteiger partial charge on any atom is 0.433 e. The second-order valence-electron chi connectivity index (χ2n) is 3.71. The third-order valence-corrected chi connectivity index (χ3v) is 2.88. The van der Waals surface area contributed by atoms with Crippen molar-refractivity contribution in [2.24, 2.45) is 0 Å². The van der Waals surface area contributed by atoms with Crippen LogP contribution in [0.2, 0.25) is 0 Å². The standard InChI is InChI=1S/C10H15F3N4S/c1-6(5-18-3)15-8-4-7(10(11,12)13)16-9(14-2)17-8/h4,6H,5H2,1-3H3,(H2,14,15,16,17). The van der Waals surface area contributed by atoms with Gasteiger partial charge >= 0.3 is 6.18 Å². The molecule has 4 nitrogen and oxygen atoms in total. The van der Waals surface area contributed by atoms with Crippen LogP contribution in [0, 0.1) is 0 Å². The lowest BCUT2D eigenvalue weighted by Gasteiger charge is -2.15. The van der Waals surface area contributed by atoms with Crippen molar-refractivity contribution >= 4 is 23.5 Å². The Morgan fingerprint density at radius 1 is 1.39 bits per heavy atom. The van der Waals surface area contributed by atoms with Crippen molar-refractivity contribution in [1.29, 1.82) is 0 Å². The van der Waals surface area contributed by atoms with Gasteiger partial charge in [-0.25, -0.2) is 4.98 Å². The van der Waals surface area contributed by atoms with E-state index in [4.69, 9.17) is 0 Å². The molecular formula is C10H15F3N4S. The van der Waals surface area contributed by atoms with E-state index in [1.807, 2.05) is 13.2 Å². The van der Waals surface area contributed by atoms with E-state index in [1.54, 1.807) is 11.8 Å². The first kappa shape index (κ1) is 14.9. The molecule has 0 aliphatic rings. The number of hydrogen-bond donors (Lipinski definition) is 2. The van der Waals surface area contributed by atoms with Crippen LogP contribution in [0.4, 0.5) is 24.9 Å². The smallest absolute Gasteiger partial charge is 0.367 e. The first-order chi connectivity index (χ1) is 8.36. The van der Waals surface area contributed by atoms with Crippen molar-refractivity contribution < 1.29 is 13.2 Å². The summed E-state index contributed by atoms with van der Waals surface area (Å²) in [4.78, 5) is 7.33. The van der Waals surface area contributed by atoms with Crippen molar-refractivity contribution in [3.8, 4) is 0 Å². The van der Waals surface area contributed by atoms with E-state index < -0.39 is 11.9 Å². The van der Waals surface area contributed by atoms with Crippen molar-refractivity contribution in [3.63, 3.8) is 0 Å². The summed E-state index contributed by atoms with van der Waals surface area (Å²) >= 11 is 1.60. The maximum absolute atomic E-state index is 12.6. The van der Waals surface area contributed by atoms with Gasteiger partial charge in [-0.05, 0) is 13.2 Å². The number of hydrogen-bond acceptors (Lipinski definition) is 5. The van der Waals surface area contributed by atoms with Crippen LogP contribution >= 0.6 is 11.8 Å². The first-order valence-electron chi connectivity index (χ1n) is 5.26. The quantitative estimate of drug-likeness (QED) is 0.868. The van der Waals surface area contributed by atoms with E-state index in [0.29, 0.717) is 0 Å². The minimum atomic E-state index is -4.48. The molecule has 0 radical (unpaired) electrons. The van der Waals surface area contributed by atoms with Gasteiger partial charge in [0.2, 0.25) is 5.95 Å². The molecule has 0 spiro atoms. The topological polar surface area (TPSA) is 49.8 Å².